The number of hydrogen-bond donors (Lipinski definition) is 4. The zero-order valence-corrected chi connectivity index (χ0v) is 11.7. The highest BCUT2D eigenvalue weighted by molar-refractivity contribution is 5.73. The molecule has 10 heteroatoms. The maximum absolute atomic E-state index is 10.8. The van der Waals surface area contributed by atoms with Crippen LogP contribution in [-0.4, -0.2) is 92.4 Å². The van der Waals surface area contributed by atoms with Gasteiger partial charge >= 0.3 is 23.9 Å². The highest BCUT2D eigenvalue weighted by atomic mass is 16.4. The molecule has 1 aliphatic rings. The summed E-state index contributed by atoms with van der Waals surface area (Å²) in [5, 5.41) is 35.4. The van der Waals surface area contributed by atoms with Gasteiger partial charge in [-0.1, -0.05) is 0 Å². The highest BCUT2D eigenvalue weighted by Crippen LogP contribution is 2.30. The lowest BCUT2D eigenvalue weighted by atomic mass is 9.83. The van der Waals surface area contributed by atoms with Crippen LogP contribution in [0.25, 0.3) is 0 Å². The second-order valence-electron chi connectivity index (χ2n) is 5.10. The van der Waals surface area contributed by atoms with E-state index in [4.69, 9.17) is 20.4 Å². The van der Waals surface area contributed by atoms with Crippen molar-refractivity contribution in [3.63, 3.8) is 0 Å². The first kappa shape index (κ1) is 17.9. The molecule has 0 radical (unpaired) electrons. The van der Waals surface area contributed by atoms with E-state index in [1.54, 1.807) is 0 Å². The van der Waals surface area contributed by atoms with Gasteiger partial charge in [0.2, 0.25) is 0 Å². The first-order chi connectivity index (χ1) is 10.2. The predicted octanol–water partition coefficient (Wildman–Crippen LogP) is -1.54. The fourth-order valence-corrected chi connectivity index (χ4v) is 2.59. The number of carboxylic acids is 4. The lowest BCUT2D eigenvalue weighted by molar-refractivity contribution is -0.151. The smallest absolute Gasteiger partial charge is 0.317 e. The molecule has 1 aliphatic carbocycles. The van der Waals surface area contributed by atoms with Crippen LogP contribution in [0.5, 0.6) is 0 Å². The Morgan fingerprint density at radius 1 is 0.636 bits per heavy atom. The van der Waals surface area contributed by atoms with Gasteiger partial charge in [-0.05, 0) is 12.8 Å². The number of rotatable bonds is 10. The molecule has 1 fully saturated rings. The van der Waals surface area contributed by atoms with Gasteiger partial charge in [-0.3, -0.25) is 29.0 Å². The fourth-order valence-electron chi connectivity index (χ4n) is 2.59. The van der Waals surface area contributed by atoms with Crippen LogP contribution < -0.4 is 0 Å². The summed E-state index contributed by atoms with van der Waals surface area (Å²) in [4.78, 5) is 45.8. The molecule has 4 N–H and O–H groups in total. The van der Waals surface area contributed by atoms with E-state index in [-0.39, 0.29) is 0 Å². The Labute approximate surface area is 125 Å². The van der Waals surface area contributed by atoms with Crippen LogP contribution in [0.2, 0.25) is 0 Å². The molecule has 0 amide bonds. The van der Waals surface area contributed by atoms with E-state index in [2.05, 4.69) is 0 Å². The second-order valence-corrected chi connectivity index (χ2v) is 5.10. The summed E-state index contributed by atoms with van der Waals surface area (Å²) in [6.07, 6.45) is 0.974. The van der Waals surface area contributed by atoms with Crippen LogP contribution in [0, 0.1) is 0 Å². The van der Waals surface area contributed by atoms with Crippen molar-refractivity contribution in [1.82, 2.24) is 9.80 Å². The number of carboxylic acid groups (broad SMARTS) is 4. The van der Waals surface area contributed by atoms with E-state index in [9.17, 15) is 19.2 Å². The molecular weight excluding hydrogens is 300 g/mol. The number of carbonyl (C=O) groups is 4. The summed E-state index contributed by atoms with van der Waals surface area (Å²) in [5.74, 6) is -4.80. The van der Waals surface area contributed by atoms with Gasteiger partial charge in [0.25, 0.3) is 0 Å². The van der Waals surface area contributed by atoms with Gasteiger partial charge < -0.3 is 20.4 Å². The maximum Gasteiger partial charge on any atom is 0.317 e. The lowest BCUT2D eigenvalue weighted by Gasteiger charge is -2.47. The molecule has 0 heterocycles. The van der Waals surface area contributed by atoms with Crippen molar-refractivity contribution >= 4 is 23.9 Å². The van der Waals surface area contributed by atoms with Gasteiger partial charge in [0.15, 0.2) is 0 Å². The van der Waals surface area contributed by atoms with Crippen LogP contribution in [0.3, 0.4) is 0 Å². The normalized spacial score (nSPS) is 20.6. The molecule has 124 valence electrons. The SMILES string of the molecule is O=C(O)CN(CC(=O)O)C1CCC1N(CC(=O)O)CC(=O)O. The van der Waals surface area contributed by atoms with Gasteiger partial charge in [-0.15, -0.1) is 0 Å². The third-order valence-electron chi connectivity index (χ3n) is 3.49. The molecule has 1 saturated carbocycles. The molecule has 0 aromatic heterocycles. The zero-order valence-electron chi connectivity index (χ0n) is 11.7. The van der Waals surface area contributed by atoms with Crippen LogP contribution in [0.1, 0.15) is 12.8 Å². The Morgan fingerprint density at radius 3 is 1.00 bits per heavy atom. The zero-order chi connectivity index (χ0) is 16.9. The standard InChI is InChI=1S/C12H18N2O8/c15-9(16)3-13(4-10(17)18)7-1-2-8(7)14(5-11(19)20)6-12(21)22/h7-8H,1-6H2,(H,15,16)(H,17,18)(H,19,20)(H,21,22). The summed E-state index contributed by atoms with van der Waals surface area (Å²) in [6.45, 7) is -1.99. The monoisotopic (exact) mass is 318 g/mol. The van der Waals surface area contributed by atoms with Crippen molar-refractivity contribution in [2.45, 2.75) is 24.9 Å². The molecule has 10 nitrogen and oxygen atoms in total. The molecule has 0 aromatic rings. The molecule has 0 spiro atoms. The summed E-state index contributed by atoms with van der Waals surface area (Å²) in [6, 6.07) is -0.989. The van der Waals surface area contributed by atoms with E-state index < -0.39 is 62.1 Å². The van der Waals surface area contributed by atoms with Crippen LogP contribution in [0.4, 0.5) is 0 Å². The van der Waals surface area contributed by atoms with Gasteiger partial charge in [0.05, 0.1) is 26.2 Å². The summed E-state index contributed by atoms with van der Waals surface area (Å²) in [7, 11) is 0. The summed E-state index contributed by atoms with van der Waals surface area (Å²) < 4.78 is 0. The minimum absolute atomic E-state index is 0.487. The second kappa shape index (κ2) is 7.71. The quantitative estimate of drug-likeness (QED) is 0.372. The van der Waals surface area contributed by atoms with E-state index in [0.29, 0.717) is 12.8 Å². The largest absolute Gasteiger partial charge is 0.480 e. The van der Waals surface area contributed by atoms with Crippen LogP contribution in [0.15, 0.2) is 0 Å². The molecule has 0 aliphatic heterocycles. The highest BCUT2D eigenvalue weighted by Gasteiger charge is 2.41. The molecular formula is C12H18N2O8. The third-order valence-corrected chi connectivity index (χ3v) is 3.49. The maximum atomic E-state index is 10.8. The molecule has 0 saturated heterocycles. The van der Waals surface area contributed by atoms with Crippen molar-refractivity contribution in [2.24, 2.45) is 0 Å². The third kappa shape index (κ3) is 5.30. The first-order valence-corrected chi connectivity index (χ1v) is 6.56. The molecule has 2 atom stereocenters. The Balaban J connectivity index is 2.83. The Bertz CT molecular complexity index is 392. The topological polar surface area (TPSA) is 156 Å². The average molecular weight is 318 g/mol. The molecule has 0 bridgehead atoms. The van der Waals surface area contributed by atoms with Gasteiger partial charge in [-0.25, -0.2) is 0 Å². The lowest BCUT2D eigenvalue weighted by Crippen LogP contribution is -2.61. The van der Waals surface area contributed by atoms with E-state index in [1.165, 1.54) is 9.80 Å². The van der Waals surface area contributed by atoms with Crippen LogP contribution >= 0.6 is 0 Å². The van der Waals surface area contributed by atoms with Gasteiger partial charge in [0.1, 0.15) is 0 Å². The van der Waals surface area contributed by atoms with Crippen molar-refractivity contribution in [3.8, 4) is 0 Å². The molecule has 2 unspecified atom stereocenters. The minimum Gasteiger partial charge on any atom is -0.480 e. The Hall–Kier alpha value is -2.20. The van der Waals surface area contributed by atoms with E-state index >= 15 is 0 Å². The Morgan fingerprint density at radius 2 is 0.864 bits per heavy atom. The molecule has 22 heavy (non-hydrogen) atoms. The van der Waals surface area contributed by atoms with Crippen molar-refractivity contribution in [2.75, 3.05) is 26.2 Å². The van der Waals surface area contributed by atoms with Gasteiger partial charge in [-0.2, -0.15) is 0 Å². The average Bonchev–Trinajstić information content (AvgIpc) is 2.22. The Kier molecular flexibility index (Phi) is 6.25. The summed E-state index contributed by atoms with van der Waals surface area (Å²) >= 11 is 0. The van der Waals surface area contributed by atoms with Crippen LogP contribution in [-0.2, 0) is 19.2 Å². The van der Waals surface area contributed by atoms with E-state index in [1.807, 2.05) is 0 Å². The number of hydrogen-bond acceptors (Lipinski definition) is 6. The van der Waals surface area contributed by atoms with Crippen molar-refractivity contribution in [1.29, 1.82) is 0 Å². The van der Waals surface area contributed by atoms with Gasteiger partial charge in [0, 0.05) is 12.1 Å². The van der Waals surface area contributed by atoms with Crippen molar-refractivity contribution < 1.29 is 39.6 Å². The van der Waals surface area contributed by atoms with E-state index in [0.717, 1.165) is 0 Å². The fraction of sp³-hybridized carbons (Fsp3) is 0.667. The first-order valence-electron chi connectivity index (χ1n) is 6.56. The predicted molar refractivity (Wildman–Crippen MR) is 70.5 cm³/mol. The molecule has 1 rings (SSSR count). The van der Waals surface area contributed by atoms with Crippen molar-refractivity contribution in [3.05, 3.63) is 0 Å². The molecule has 0 aromatic carbocycles. The minimum atomic E-state index is -1.20. The number of aliphatic carboxylic acids is 4. The number of nitrogens with zero attached hydrogens (tertiary/aromatic N) is 2. The summed E-state index contributed by atoms with van der Waals surface area (Å²) in [5.41, 5.74) is 0.